The first kappa shape index (κ1) is 14.1. The van der Waals surface area contributed by atoms with Gasteiger partial charge in [0.1, 0.15) is 11.5 Å². The van der Waals surface area contributed by atoms with E-state index in [1.807, 2.05) is 44.2 Å². The third-order valence-electron chi connectivity index (χ3n) is 3.16. The maximum Gasteiger partial charge on any atom is 0.203 e. The van der Waals surface area contributed by atoms with Gasteiger partial charge in [0.15, 0.2) is 6.61 Å². The monoisotopic (exact) mass is 270 g/mol. The maximum absolute atomic E-state index is 12.2. The van der Waals surface area contributed by atoms with Gasteiger partial charge in [-0.2, -0.15) is 0 Å². The van der Waals surface area contributed by atoms with Crippen LogP contribution in [0.2, 0.25) is 0 Å². The highest BCUT2D eigenvalue weighted by Gasteiger charge is 2.13. The molecule has 0 saturated carbocycles. The van der Waals surface area contributed by atoms with E-state index in [-0.39, 0.29) is 12.4 Å². The molecule has 2 aromatic rings. The number of Topliss-reactive ketones (excluding diaryl/α,β-unsaturated/α-hetero) is 1. The molecule has 3 heteroatoms. The van der Waals surface area contributed by atoms with Crippen LogP contribution < -0.4 is 9.47 Å². The number of ether oxygens (including phenoxy) is 2. The van der Waals surface area contributed by atoms with E-state index in [1.54, 1.807) is 19.2 Å². The second-order valence-corrected chi connectivity index (χ2v) is 4.63. The van der Waals surface area contributed by atoms with Crippen LogP contribution in [0, 0.1) is 13.8 Å². The van der Waals surface area contributed by atoms with Crippen molar-refractivity contribution in [3.8, 4) is 11.5 Å². The number of benzene rings is 2. The van der Waals surface area contributed by atoms with Crippen molar-refractivity contribution in [2.24, 2.45) is 0 Å². The van der Waals surface area contributed by atoms with Crippen molar-refractivity contribution in [2.75, 3.05) is 13.7 Å². The van der Waals surface area contributed by atoms with Crippen LogP contribution >= 0.6 is 0 Å². The van der Waals surface area contributed by atoms with Gasteiger partial charge in [0.2, 0.25) is 5.78 Å². The molecule has 0 spiro atoms. The minimum Gasteiger partial charge on any atom is -0.496 e. The maximum atomic E-state index is 12.2. The predicted octanol–water partition coefficient (Wildman–Crippen LogP) is 3.57. The van der Waals surface area contributed by atoms with Crippen LogP contribution in [0.3, 0.4) is 0 Å². The molecular formula is C17H18O3. The molecule has 2 aromatic carbocycles. The molecule has 20 heavy (non-hydrogen) atoms. The number of carbonyl (C=O) groups is 1. The number of carbonyl (C=O) groups excluding carboxylic acids is 1. The van der Waals surface area contributed by atoms with Crippen molar-refractivity contribution in [1.82, 2.24) is 0 Å². The molecule has 104 valence electrons. The van der Waals surface area contributed by atoms with Crippen molar-refractivity contribution in [3.05, 3.63) is 59.2 Å². The van der Waals surface area contributed by atoms with Crippen LogP contribution in [0.4, 0.5) is 0 Å². The van der Waals surface area contributed by atoms with Gasteiger partial charge < -0.3 is 9.47 Å². The number of aryl methyl sites for hydroxylation is 2. The summed E-state index contributed by atoms with van der Waals surface area (Å²) in [5, 5.41) is 0. The van der Waals surface area contributed by atoms with Gasteiger partial charge in [-0.15, -0.1) is 0 Å². The van der Waals surface area contributed by atoms with Gasteiger partial charge >= 0.3 is 0 Å². The van der Waals surface area contributed by atoms with Crippen LogP contribution in [0.15, 0.2) is 42.5 Å². The standard InChI is InChI=1S/C17H18O3/c1-12-7-6-8-13(2)17(12)20-11-15(18)14-9-4-5-10-16(14)19-3/h4-10H,11H2,1-3H3. The van der Waals surface area contributed by atoms with Crippen LogP contribution in [-0.2, 0) is 0 Å². The number of ketones is 1. The Bertz CT molecular complexity index is 597. The highest BCUT2D eigenvalue weighted by atomic mass is 16.5. The second kappa shape index (κ2) is 6.24. The van der Waals surface area contributed by atoms with Crippen LogP contribution in [0.1, 0.15) is 21.5 Å². The van der Waals surface area contributed by atoms with E-state index >= 15 is 0 Å². The molecule has 0 aliphatic rings. The Hall–Kier alpha value is -2.29. The normalized spacial score (nSPS) is 10.2. The molecule has 0 aromatic heterocycles. The average Bonchev–Trinajstić information content (AvgIpc) is 2.46. The van der Waals surface area contributed by atoms with Crippen LogP contribution in [0.5, 0.6) is 11.5 Å². The Labute approximate surface area is 119 Å². The molecule has 0 fully saturated rings. The van der Waals surface area contributed by atoms with Crippen molar-refractivity contribution in [1.29, 1.82) is 0 Å². The summed E-state index contributed by atoms with van der Waals surface area (Å²) in [5.41, 5.74) is 2.59. The Kier molecular flexibility index (Phi) is 4.41. The van der Waals surface area contributed by atoms with E-state index in [2.05, 4.69) is 0 Å². The summed E-state index contributed by atoms with van der Waals surface area (Å²) >= 11 is 0. The summed E-state index contributed by atoms with van der Waals surface area (Å²) in [6.45, 7) is 3.94. The molecule has 0 unspecified atom stereocenters. The number of hydrogen-bond donors (Lipinski definition) is 0. The van der Waals surface area contributed by atoms with E-state index in [1.165, 1.54) is 0 Å². The fourth-order valence-corrected chi connectivity index (χ4v) is 2.12. The van der Waals surface area contributed by atoms with E-state index in [9.17, 15) is 4.79 Å². The molecule has 0 aliphatic carbocycles. The van der Waals surface area contributed by atoms with Crippen molar-refractivity contribution in [3.63, 3.8) is 0 Å². The average molecular weight is 270 g/mol. The van der Waals surface area contributed by atoms with Crippen LogP contribution in [-0.4, -0.2) is 19.5 Å². The molecule has 3 nitrogen and oxygen atoms in total. The summed E-state index contributed by atoms with van der Waals surface area (Å²) in [7, 11) is 1.55. The number of rotatable bonds is 5. The lowest BCUT2D eigenvalue weighted by atomic mass is 10.1. The molecule has 0 radical (unpaired) electrons. The zero-order valence-corrected chi connectivity index (χ0v) is 12.0. The van der Waals surface area contributed by atoms with E-state index in [4.69, 9.17) is 9.47 Å². The Balaban J connectivity index is 2.13. The summed E-state index contributed by atoms with van der Waals surface area (Å²) in [6.07, 6.45) is 0. The van der Waals surface area contributed by atoms with Gasteiger partial charge in [-0.05, 0) is 37.1 Å². The predicted molar refractivity (Wildman–Crippen MR) is 78.7 cm³/mol. The molecule has 0 bridgehead atoms. The SMILES string of the molecule is COc1ccccc1C(=O)COc1c(C)cccc1C. The number of hydrogen-bond acceptors (Lipinski definition) is 3. The third kappa shape index (κ3) is 2.99. The molecule has 0 amide bonds. The molecule has 0 N–H and O–H groups in total. The largest absolute Gasteiger partial charge is 0.496 e. The van der Waals surface area contributed by atoms with E-state index in [0.29, 0.717) is 11.3 Å². The third-order valence-corrected chi connectivity index (χ3v) is 3.16. The first-order chi connectivity index (χ1) is 9.63. The van der Waals surface area contributed by atoms with Crippen molar-refractivity contribution in [2.45, 2.75) is 13.8 Å². The molecule has 2 rings (SSSR count). The summed E-state index contributed by atoms with van der Waals surface area (Å²) in [6, 6.07) is 13.1. The first-order valence-electron chi connectivity index (χ1n) is 6.48. The van der Waals surface area contributed by atoms with E-state index < -0.39 is 0 Å². The first-order valence-corrected chi connectivity index (χ1v) is 6.48. The molecule has 0 atom stereocenters. The molecule has 0 aliphatic heterocycles. The quantitative estimate of drug-likeness (QED) is 0.779. The lowest BCUT2D eigenvalue weighted by molar-refractivity contribution is 0.0917. The molecular weight excluding hydrogens is 252 g/mol. The van der Waals surface area contributed by atoms with Crippen molar-refractivity contribution < 1.29 is 14.3 Å². The number of para-hydroxylation sites is 2. The Morgan fingerprint density at radius 1 is 1.00 bits per heavy atom. The lowest BCUT2D eigenvalue weighted by Gasteiger charge is -2.12. The van der Waals surface area contributed by atoms with Gasteiger partial charge in [-0.25, -0.2) is 0 Å². The fraction of sp³-hybridized carbons (Fsp3) is 0.235. The highest BCUT2D eigenvalue weighted by Crippen LogP contribution is 2.23. The van der Waals surface area contributed by atoms with Crippen molar-refractivity contribution >= 4 is 5.78 Å². The Morgan fingerprint density at radius 3 is 2.30 bits per heavy atom. The summed E-state index contributed by atoms with van der Waals surface area (Å²) in [4.78, 5) is 12.2. The Morgan fingerprint density at radius 2 is 1.65 bits per heavy atom. The zero-order valence-electron chi connectivity index (χ0n) is 12.0. The second-order valence-electron chi connectivity index (χ2n) is 4.63. The van der Waals surface area contributed by atoms with E-state index in [0.717, 1.165) is 16.9 Å². The topological polar surface area (TPSA) is 35.5 Å². The lowest BCUT2D eigenvalue weighted by Crippen LogP contribution is -2.13. The molecule has 0 saturated heterocycles. The van der Waals surface area contributed by atoms with Gasteiger partial charge in [0.05, 0.1) is 12.7 Å². The van der Waals surface area contributed by atoms with Gasteiger partial charge in [0.25, 0.3) is 0 Å². The highest BCUT2D eigenvalue weighted by molar-refractivity contribution is 5.99. The van der Waals surface area contributed by atoms with Gasteiger partial charge in [-0.1, -0.05) is 30.3 Å². The van der Waals surface area contributed by atoms with Gasteiger partial charge in [-0.3, -0.25) is 4.79 Å². The van der Waals surface area contributed by atoms with Crippen LogP contribution in [0.25, 0.3) is 0 Å². The summed E-state index contributed by atoms with van der Waals surface area (Å²) < 4.78 is 10.9. The number of methoxy groups -OCH3 is 1. The minimum atomic E-state index is -0.0925. The van der Waals surface area contributed by atoms with Gasteiger partial charge in [0, 0.05) is 0 Å². The minimum absolute atomic E-state index is 0.00602. The smallest absolute Gasteiger partial charge is 0.203 e. The molecule has 0 heterocycles. The summed E-state index contributed by atoms with van der Waals surface area (Å²) in [5.74, 6) is 1.25. The zero-order chi connectivity index (χ0) is 14.5. The fourth-order valence-electron chi connectivity index (χ4n) is 2.12.